The van der Waals surface area contributed by atoms with Gasteiger partial charge in [0.1, 0.15) is 5.82 Å². The average Bonchev–Trinajstić information content (AvgIpc) is 2.29. The van der Waals surface area contributed by atoms with Gasteiger partial charge in [0.15, 0.2) is 0 Å². The molecular weight excluding hydrogens is 211 g/mol. The molecule has 1 rings (SSSR count). The van der Waals surface area contributed by atoms with E-state index in [4.69, 9.17) is 0 Å². The van der Waals surface area contributed by atoms with E-state index in [1.165, 1.54) is 18.2 Å². The molecule has 0 aliphatic carbocycles. The molecule has 0 heterocycles. The van der Waals surface area contributed by atoms with Crippen LogP contribution in [0.1, 0.15) is 11.1 Å². The molecule has 0 spiro atoms. The highest BCUT2D eigenvalue weighted by Gasteiger charge is 2.08. The van der Waals surface area contributed by atoms with E-state index >= 15 is 0 Å². The lowest BCUT2D eigenvalue weighted by atomic mass is 10.1. The van der Waals surface area contributed by atoms with Crippen molar-refractivity contribution in [1.29, 1.82) is 0 Å². The summed E-state index contributed by atoms with van der Waals surface area (Å²) in [4.78, 5) is 21.8. The number of methoxy groups -OCH3 is 1. The van der Waals surface area contributed by atoms with Crippen molar-refractivity contribution in [3.05, 3.63) is 41.2 Å². The molecule has 1 aromatic carbocycles. The molecule has 0 aromatic heterocycles. The molecule has 0 saturated heterocycles. The first-order valence-electron chi connectivity index (χ1n) is 4.61. The van der Waals surface area contributed by atoms with Crippen LogP contribution in [0.4, 0.5) is 4.39 Å². The quantitative estimate of drug-likeness (QED) is 0.445. The van der Waals surface area contributed by atoms with Crippen LogP contribution in [0, 0.1) is 12.7 Å². The van der Waals surface area contributed by atoms with E-state index in [1.54, 1.807) is 13.0 Å². The first-order valence-corrected chi connectivity index (χ1v) is 4.61. The topological polar surface area (TPSA) is 43.4 Å². The molecule has 0 unspecified atom stereocenters. The van der Waals surface area contributed by atoms with Gasteiger partial charge in [-0.25, -0.2) is 9.18 Å². The Morgan fingerprint density at radius 2 is 2.06 bits per heavy atom. The highest BCUT2D eigenvalue weighted by molar-refractivity contribution is 6.39. The van der Waals surface area contributed by atoms with E-state index in [9.17, 15) is 14.0 Å². The molecule has 0 radical (unpaired) electrons. The number of ketones is 1. The Hall–Kier alpha value is -1.97. The Labute approximate surface area is 92.5 Å². The van der Waals surface area contributed by atoms with Crippen molar-refractivity contribution in [3.63, 3.8) is 0 Å². The normalized spacial score (nSPS) is 10.4. The van der Waals surface area contributed by atoms with Crippen LogP contribution < -0.4 is 0 Å². The number of carbonyl (C=O) groups is 2. The van der Waals surface area contributed by atoms with E-state index in [0.717, 1.165) is 13.2 Å². The van der Waals surface area contributed by atoms with Crippen molar-refractivity contribution in [2.75, 3.05) is 7.11 Å². The number of carbonyl (C=O) groups excluding carboxylic acids is 2. The van der Waals surface area contributed by atoms with Crippen LogP contribution in [-0.4, -0.2) is 18.9 Å². The van der Waals surface area contributed by atoms with Crippen LogP contribution in [0.5, 0.6) is 0 Å². The largest absolute Gasteiger partial charge is 0.463 e. The average molecular weight is 222 g/mol. The van der Waals surface area contributed by atoms with Crippen molar-refractivity contribution >= 4 is 17.8 Å². The second-order valence-electron chi connectivity index (χ2n) is 3.20. The third-order valence-electron chi connectivity index (χ3n) is 2.00. The van der Waals surface area contributed by atoms with Gasteiger partial charge in [-0.05, 0) is 36.3 Å². The van der Waals surface area contributed by atoms with Gasteiger partial charge in [-0.1, -0.05) is 12.1 Å². The van der Waals surface area contributed by atoms with Crippen molar-refractivity contribution in [3.8, 4) is 0 Å². The molecule has 0 atom stereocenters. The molecule has 16 heavy (non-hydrogen) atoms. The van der Waals surface area contributed by atoms with Gasteiger partial charge in [0, 0.05) is 0 Å². The van der Waals surface area contributed by atoms with Crippen LogP contribution in [0.25, 0.3) is 6.08 Å². The highest BCUT2D eigenvalue weighted by Crippen LogP contribution is 2.10. The maximum Gasteiger partial charge on any atom is 0.378 e. The smallest absolute Gasteiger partial charge is 0.378 e. The second kappa shape index (κ2) is 5.21. The summed E-state index contributed by atoms with van der Waals surface area (Å²) in [6, 6.07) is 4.40. The Balaban J connectivity index is 2.81. The summed E-state index contributed by atoms with van der Waals surface area (Å²) >= 11 is 0. The number of esters is 1. The van der Waals surface area contributed by atoms with E-state index in [-0.39, 0.29) is 5.82 Å². The predicted molar refractivity (Wildman–Crippen MR) is 57.2 cm³/mol. The van der Waals surface area contributed by atoms with Crippen LogP contribution in [-0.2, 0) is 14.3 Å². The van der Waals surface area contributed by atoms with E-state index in [0.29, 0.717) is 11.1 Å². The zero-order valence-electron chi connectivity index (χ0n) is 8.99. The lowest BCUT2D eigenvalue weighted by Crippen LogP contribution is -2.12. The van der Waals surface area contributed by atoms with Gasteiger partial charge in [0.05, 0.1) is 7.11 Å². The number of halogens is 1. The molecule has 0 bridgehead atoms. The summed E-state index contributed by atoms with van der Waals surface area (Å²) in [6.07, 6.45) is 2.53. The minimum Gasteiger partial charge on any atom is -0.463 e. The van der Waals surface area contributed by atoms with Gasteiger partial charge in [-0.15, -0.1) is 0 Å². The number of hydrogen-bond donors (Lipinski definition) is 0. The molecule has 0 N–H and O–H groups in total. The summed E-state index contributed by atoms with van der Waals surface area (Å²) < 4.78 is 17.2. The number of benzene rings is 1. The third-order valence-corrected chi connectivity index (χ3v) is 2.00. The first kappa shape index (κ1) is 12.1. The highest BCUT2D eigenvalue weighted by atomic mass is 19.1. The molecule has 0 fully saturated rings. The van der Waals surface area contributed by atoms with Crippen LogP contribution in [0.2, 0.25) is 0 Å². The summed E-state index contributed by atoms with van der Waals surface area (Å²) in [7, 11) is 1.14. The Bertz CT molecular complexity index is 450. The minimum atomic E-state index is -0.921. The number of rotatable bonds is 3. The van der Waals surface area contributed by atoms with E-state index < -0.39 is 11.8 Å². The lowest BCUT2D eigenvalue weighted by molar-refractivity contribution is -0.149. The molecular formula is C12H11FO3. The number of hydrogen-bond acceptors (Lipinski definition) is 3. The van der Waals surface area contributed by atoms with Gasteiger partial charge in [0.2, 0.25) is 0 Å². The summed E-state index contributed by atoms with van der Waals surface area (Å²) in [6.45, 7) is 1.62. The molecule has 4 heteroatoms. The predicted octanol–water partition coefficient (Wildman–Crippen LogP) is 1.89. The maximum absolute atomic E-state index is 12.9. The van der Waals surface area contributed by atoms with Crippen LogP contribution in [0.15, 0.2) is 24.3 Å². The number of ether oxygens (including phenoxy) is 1. The van der Waals surface area contributed by atoms with Gasteiger partial charge >= 0.3 is 5.97 Å². The fourth-order valence-corrected chi connectivity index (χ4v) is 1.11. The number of aryl methyl sites for hydroxylation is 1. The summed E-state index contributed by atoms with van der Waals surface area (Å²) in [5, 5.41) is 0. The van der Waals surface area contributed by atoms with Crippen LogP contribution in [0.3, 0.4) is 0 Å². The second-order valence-corrected chi connectivity index (χ2v) is 3.20. The molecule has 0 aliphatic heterocycles. The van der Waals surface area contributed by atoms with Crippen molar-refractivity contribution in [1.82, 2.24) is 0 Å². The molecule has 3 nitrogen and oxygen atoms in total. The van der Waals surface area contributed by atoms with Gasteiger partial charge in [0.25, 0.3) is 5.78 Å². The molecule has 0 aliphatic rings. The monoisotopic (exact) mass is 222 g/mol. The maximum atomic E-state index is 12.9. The van der Waals surface area contributed by atoms with Gasteiger partial charge < -0.3 is 4.74 Å². The minimum absolute atomic E-state index is 0.309. The zero-order valence-corrected chi connectivity index (χ0v) is 8.99. The first-order chi connectivity index (χ1) is 7.54. The fraction of sp³-hybridized carbons (Fsp3) is 0.167. The SMILES string of the molecule is COC(=O)C(=O)C=Cc1ccc(F)c(C)c1. The lowest BCUT2D eigenvalue weighted by Gasteiger charge is -1.97. The Kier molecular flexibility index (Phi) is 3.94. The molecule has 84 valence electrons. The summed E-state index contributed by atoms with van der Waals surface area (Å²) in [5.41, 5.74) is 1.13. The van der Waals surface area contributed by atoms with Crippen molar-refractivity contribution in [2.24, 2.45) is 0 Å². The third kappa shape index (κ3) is 3.02. The van der Waals surface area contributed by atoms with Crippen LogP contribution >= 0.6 is 0 Å². The van der Waals surface area contributed by atoms with Crippen molar-refractivity contribution in [2.45, 2.75) is 6.92 Å². The van der Waals surface area contributed by atoms with E-state index in [1.807, 2.05) is 0 Å². The van der Waals surface area contributed by atoms with Gasteiger partial charge in [-0.3, -0.25) is 4.79 Å². The fourth-order valence-electron chi connectivity index (χ4n) is 1.11. The zero-order chi connectivity index (χ0) is 12.1. The standard InChI is InChI=1S/C12H11FO3/c1-8-7-9(3-5-10(8)13)4-6-11(14)12(15)16-2/h3-7H,1-2H3. The Morgan fingerprint density at radius 3 is 2.62 bits per heavy atom. The molecule has 1 aromatic rings. The van der Waals surface area contributed by atoms with Crippen molar-refractivity contribution < 1.29 is 18.7 Å². The molecule has 0 amide bonds. The van der Waals surface area contributed by atoms with Gasteiger partial charge in [-0.2, -0.15) is 0 Å². The van der Waals surface area contributed by atoms with E-state index in [2.05, 4.69) is 4.74 Å². The molecule has 0 saturated carbocycles. The Morgan fingerprint density at radius 1 is 1.38 bits per heavy atom. The summed E-state index contributed by atoms with van der Waals surface area (Å²) in [5.74, 6) is -1.98.